The highest BCUT2D eigenvalue weighted by Crippen LogP contribution is 2.69. The van der Waals surface area contributed by atoms with Crippen molar-refractivity contribution in [3.8, 4) is 5.75 Å². The number of imide groups is 1. The Morgan fingerprint density at radius 2 is 1.63 bits per heavy atom. The SMILES string of the molecule is O=C(COc1ccccc1[C@@H]1c2sc(=O)[nH]c2S[C@@H]2[C@@H]3C[C@@H]([C@@H]4C(=O)N(c5cccc(C(F)(F)F)c5)C(=O)[C@@H]34)[C@H]12)Nc1ccc2ccccc2c1. The van der Waals surface area contributed by atoms with Crippen LogP contribution >= 0.6 is 23.1 Å². The minimum absolute atomic E-state index is 0.0787. The largest absolute Gasteiger partial charge is 0.483 e. The number of benzene rings is 4. The van der Waals surface area contributed by atoms with Gasteiger partial charge in [0.05, 0.1) is 28.1 Å². The fourth-order valence-electron chi connectivity index (χ4n) is 8.92. The van der Waals surface area contributed by atoms with E-state index in [0.717, 1.165) is 49.6 Å². The van der Waals surface area contributed by atoms with Crippen molar-refractivity contribution < 1.29 is 32.3 Å². The Labute approximate surface area is 297 Å². The number of alkyl halides is 3. The van der Waals surface area contributed by atoms with Crippen molar-refractivity contribution in [3.05, 3.63) is 117 Å². The number of halogens is 3. The maximum atomic E-state index is 14.1. The van der Waals surface area contributed by atoms with Gasteiger partial charge in [0.2, 0.25) is 11.8 Å². The predicted octanol–water partition coefficient (Wildman–Crippen LogP) is 7.30. The van der Waals surface area contributed by atoms with Gasteiger partial charge in [-0.15, -0.1) is 11.8 Å². The zero-order chi connectivity index (χ0) is 35.2. The van der Waals surface area contributed by atoms with Crippen molar-refractivity contribution >= 4 is 63.0 Å². The van der Waals surface area contributed by atoms with Gasteiger partial charge in [-0.05, 0) is 71.3 Å². The van der Waals surface area contributed by atoms with Gasteiger partial charge in [0.15, 0.2) is 6.61 Å². The molecule has 2 bridgehead atoms. The minimum atomic E-state index is -4.63. The highest BCUT2D eigenvalue weighted by molar-refractivity contribution is 8.00. The zero-order valence-electron chi connectivity index (χ0n) is 26.6. The molecule has 5 aromatic rings. The highest BCUT2D eigenvalue weighted by atomic mass is 32.2. The van der Waals surface area contributed by atoms with Crippen LogP contribution in [-0.2, 0) is 20.6 Å². The number of fused-ring (bicyclic) bond motifs is 10. The number of carbonyl (C=O) groups is 3. The molecule has 1 aromatic heterocycles. The van der Waals surface area contributed by atoms with Crippen LogP contribution in [0.25, 0.3) is 10.8 Å². The molecule has 258 valence electrons. The summed E-state index contributed by atoms with van der Waals surface area (Å²) in [4.78, 5) is 58.3. The summed E-state index contributed by atoms with van der Waals surface area (Å²) in [6.07, 6.45) is -4.02. The maximum absolute atomic E-state index is 14.1. The highest BCUT2D eigenvalue weighted by Gasteiger charge is 2.70. The molecule has 3 fully saturated rings. The summed E-state index contributed by atoms with van der Waals surface area (Å²) in [6, 6.07) is 25.2. The van der Waals surface area contributed by atoms with Crippen LogP contribution in [0.1, 0.15) is 28.3 Å². The number of rotatable bonds is 6. The number of ether oxygens (including phenoxy) is 1. The van der Waals surface area contributed by atoms with E-state index in [1.54, 1.807) is 12.1 Å². The van der Waals surface area contributed by atoms with Gasteiger partial charge in [0, 0.05) is 27.3 Å². The lowest BCUT2D eigenvalue weighted by Gasteiger charge is -2.43. The molecule has 0 unspecified atom stereocenters. The first-order chi connectivity index (χ1) is 24.6. The quantitative estimate of drug-likeness (QED) is 0.178. The van der Waals surface area contributed by atoms with Crippen LogP contribution in [0.15, 0.2) is 101 Å². The maximum Gasteiger partial charge on any atom is 0.416 e. The number of thioether (sulfide) groups is 1. The van der Waals surface area contributed by atoms with Crippen molar-refractivity contribution in [2.24, 2.45) is 29.6 Å². The average Bonchev–Trinajstić information content (AvgIpc) is 3.86. The summed E-state index contributed by atoms with van der Waals surface area (Å²) in [5.74, 6) is -3.23. The number of carbonyl (C=O) groups excluding carboxylic acids is 3. The van der Waals surface area contributed by atoms with Crippen LogP contribution < -0.4 is 19.8 Å². The van der Waals surface area contributed by atoms with Gasteiger partial charge in [-0.25, -0.2) is 0 Å². The Morgan fingerprint density at radius 1 is 0.882 bits per heavy atom. The van der Waals surface area contributed by atoms with Gasteiger partial charge in [-0.1, -0.05) is 65.9 Å². The minimum Gasteiger partial charge on any atom is -0.483 e. The van der Waals surface area contributed by atoms with E-state index in [9.17, 15) is 32.3 Å². The second-order valence-electron chi connectivity index (χ2n) is 13.5. The number of anilines is 2. The number of H-pyrrole nitrogens is 1. The first-order valence-electron chi connectivity index (χ1n) is 16.5. The average molecular weight is 728 g/mol. The van der Waals surface area contributed by atoms with Crippen molar-refractivity contribution in [3.63, 3.8) is 0 Å². The van der Waals surface area contributed by atoms with E-state index in [0.29, 0.717) is 22.9 Å². The third kappa shape index (κ3) is 5.19. The number of nitrogens with zero attached hydrogens (tertiary/aromatic N) is 1. The van der Waals surface area contributed by atoms with Crippen molar-refractivity contribution in [1.82, 2.24) is 4.98 Å². The summed E-state index contributed by atoms with van der Waals surface area (Å²) in [5.41, 5.74) is 0.389. The molecule has 1 saturated heterocycles. The van der Waals surface area contributed by atoms with Crippen LogP contribution in [0.3, 0.4) is 0 Å². The van der Waals surface area contributed by atoms with Gasteiger partial charge in [-0.2, -0.15) is 13.2 Å². The molecule has 0 radical (unpaired) electrons. The third-order valence-corrected chi connectivity index (χ3v) is 13.4. The molecule has 2 aliphatic heterocycles. The Hall–Kier alpha value is -4.88. The summed E-state index contributed by atoms with van der Waals surface area (Å²) >= 11 is 2.61. The predicted molar refractivity (Wildman–Crippen MR) is 187 cm³/mol. The van der Waals surface area contributed by atoms with Crippen LogP contribution in [0.4, 0.5) is 24.5 Å². The van der Waals surface area contributed by atoms with E-state index >= 15 is 0 Å². The number of para-hydroxylation sites is 1. The fraction of sp³-hybridized carbons (Fsp3) is 0.263. The summed E-state index contributed by atoms with van der Waals surface area (Å²) in [6.45, 7) is -0.272. The molecule has 13 heteroatoms. The molecular weight excluding hydrogens is 700 g/mol. The van der Waals surface area contributed by atoms with Gasteiger partial charge < -0.3 is 15.0 Å². The molecule has 7 atom stereocenters. The summed E-state index contributed by atoms with van der Waals surface area (Å²) in [5, 5.41) is 5.50. The number of amides is 3. The topological polar surface area (TPSA) is 109 Å². The summed E-state index contributed by atoms with van der Waals surface area (Å²) < 4.78 is 46.9. The number of thiazole rings is 1. The molecule has 4 aromatic carbocycles. The molecule has 8 nitrogen and oxygen atoms in total. The number of aromatic amines is 1. The van der Waals surface area contributed by atoms with Crippen LogP contribution in [-0.4, -0.2) is 34.6 Å². The third-order valence-electron chi connectivity index (χ3n) is 10.8. The molecule has 9 rings (SSSR count). The lowest BCUT2D eigenvalue weighted by molar-refractivity contribution is -0.137. The second-order valence-corrected chi connectivity index (χ2v) is 15.7. The van der Waals surface area contributed by atoms with Gasteiger partial charge in [-0.3, -0.25) is 24.1 Å². The van der Waals surface area contributed by atoms with E-state index in [1.165, 1.54) is 23.9 Å². The first-order valence-corrected chi connectivity index (χ1v) is 18.2. The van der Waals surface area contributed by atoms with Gasteiger partial charge in [0.1, 0.15) is 5.75 Å². The Kier molecular flexibility index (Phi) is 7.44. The molecule has 51 heavy (non-hydrogen) atoms. The number of hydrogen-bond donors (Lipinski definition) is 2. The number of nitrogens with one attached hydrogen (secondary N) is 2. The monoisotopic (exact) mass is 727 g/mol. The molecular formula is C38H28F3N3O5S2. The molecule has 0 spiro atoms. The molecule has 2 aliphatic carbocycles. The van der Waals surface area contributed by atoms with Crippen LogP contribution in [0.5, 0.6) is 5.75 Å². The van der Waals surface area contributed by atoms with Crippen molar-refractivity contribution in [1.29, 1.82) is 0 Å². The standard InChI is InChI=1S/C38H28F3N3O5S2/c39-38(40,41)20-8-5-9-22(15-20)44-35(46)30-24-16-25(31(30)36(44)47)32-29(24)28(33-34(50-32)43-37(48)51-33)23-10-3-4-11-26(23)49-17-27(45)42-21-13-12-18-6-1-2-7-19(18)14-21/h1-15,24-25,28-32H,16-17H2,(H,42,45)(H,43,48)/t24-,25-,28+,29-,30+,31+,32-/m1/s1. The molecule has 2 N–H and O–H groups in total. The Bertz CT molecular complexity index is 2320. The lowest BCUT2D eigenvalue weighted by Crippen LogP contribution is -2.42. The normalized spacial score (nSPS) is 26.3. The lowest BCUT2D eigenvalue weighted by atomic mass is 9.68. The number of aromatic nitrogens is 1. The smallest absolute Gasteiger partial charge is 0.416 e. The van der Waals surface area contributed by atoms with Gasteiger partial charge in [0.25, 0.3) is 5.91 Å². The van der Waals surface area contributed by atoms with Gasteiger partial charge >= 0.3 is 11.0 Å². The first kappa shape index (κ1) is 32.1. The van der Waals surface area contributed by atoms with Crippen LogP contribution in [0.2, 0.25) is 0 Å². The second kappa shape index (κ2) is 11.8. The van der Waals surface area contributed by atoms with E-state index in [2.05, 4.69) is 10.3 Å². The van der Waals surface area contributed by atoms with Crippen LogP contribution in [0, 0.1) is 29.6 Å². The molecule has 3 heterocycles. The molecule has 4 aliphatic rings. The molecule has 2 saturated carbocycles. The zero-order valence-corrected chi connectivity index (χ0v) is 28.2. The molecule has 3 amide bonds. The van der Waals surface area contributed by atoms with Crippen molar-refractivity contribution in [2.45, 2.75) is 28.8 Å². The van der Waals surface area contributed by atoms with E-state index in [4.69, 9.17) is 4.74 Å². The summed E-state index contributed by atoms with van der Waals surface area (Å²) in [7, 11) is 0. The Balaban J connectivity index is 1.02. The van der Waals surface area contributed by atoms with E-state index < -0.39 is 35.4 Å². The Morgan fingerprint density at radius 3 is 2.43 bits per heavy atom. The van der Waals surface area contributed by atoms with Crippen molar-refractivity contribution in [2.75, 3.05) is 16.8 Å². The van der Waals surface area contributed by atoms with E-state index in [-0.39, 0.29) is 52.0 Å². The van der Waals surface area contributed by atoms with E-state index in [1.807, 2.05) is 54.6 Å². The fourth-order valence-corrected chi connectivity index (χ4v) is 11.8. The number of hydrogen-bond acceptors (Lipinski definition) is 7.